The Bertz CT molecular complexity index is 851. The average Bonchev–Trinajstić information content (AvgIpc) is 2.47. The Morgan fingerprint density at radius 3 is 2.50 bits per heavy atom. The highest BCUT2D eigenvalue weighted by molar-refractivity contribution is 7.89. The molecule has 0 bridgehead atoms. The smallest absolute Gasteiger partial charge is 0.255 e. The molecule has 2 aromatic carbocycles. The summed E-state index contributed by atoms with van der Waals surface area (Å²) >= 11 is 0. The van der Waals surface area contributed by atoms with Gasteiger partial charge in [0.05, 0.1) is 10.6 Å². The van der Waals surface area contributed by atoms with Crippen molar-refractivity contribution in [2.45, 2.75) is 11.8 Å². The van der Waals surface area contributed by atoms with Gasteiger partial charge in [0.15, 0.2) is 5.82 Å². The first kappa shape index (κ1) is 16.1. The number of rotatable bonds is 3. The van der Waals surface area contributed by atoms with Crippen molar-refractivity contribution in [1.29, 1.82) is 0 Å². The molecule has 3 N–H and O–H groups in total. The first-order chi connectivity index (χ1) is 10.2. The maximum Gasteiger partial charge on any atom is 0.255 e. The molecule has 0 aliphatic rings. The van der Waals surface area contributed by atoms with E-state index < -0.39 is 27.6 Å². The van der Waals surface area contributed by atoms with Crippen LogP contribution in [0.2, 0.25) is 0 Å². The summed E-state index contributed by atoms with van der Waals surface area (Å²) in [6, 6.07) is 7.08. The molecule has 22 heavy (non-hydrogen) atoms. The van der Waals surface area contributed by atoms with Gasteiger partial charge < -0.3 is 5.32 Å². The minimum atomic E-state index is -3.96. The van der Waals surface area contributed by atoms with Crippen LogP contribution in [0.15, 0.2) is 41.3 Å². The molecular weight excluding hydrogens is 314 g/mol. The molecule has 5 nitrogen and oxygen atoms in total. The summed E-state index contributed by atoms with van der Waals surface area (Å²) in [5.74, 6) is -2.36. The van der Waals surface area contributed by atoms with Crippen LogP contribution in [-0.4, -0.2) is 14.3 Å². The molecule has 1 amide bonds. The number of sulfonamides is 1. The predicted molar refractivity (Wildman–Crippen MR) is 76.9 cm³/mol. The minimum Gasteiger partial charge on any atom is -0.319 e. The third-order valence-corrected chi connectivity index (χ3v) is 3.90. The second-order valence-corrected chi connectivity index (χ2v) is 6.12. The van der Waals surface area contributed by atoms with Crippen molar-refractivity contribution in [2.24, 2.45) is 5.14 Å². The van der Waals surface area contributed by atoms with Crippen LogP contribution in [-0.2, 0) is 10.0 Å². The first-order valence-electron chi connectivity index (χ1n) is 6.09. The second kappa shape index (κ2) is 5.82. The van der Waals surface area contributed by atoms with Gasteiger partial charge in [0.2, 0.25) is 10.0 Å². The van der Waals surface area contributed by atoms with Gasteiger partial charge in [0.1, 0.15) is 5.82 Å². The number of anilines is 1. The zero-order valence-electron chi connectivity index (χ0n) is 11.4. The van der Waals surface area contributed by atoms with Crippen LogP contribution < -0.4 is 10.5 Å². The molecule has 0 heterocycles. The van der Waals surface area contributed by atoms with E-state index >= 15 is 0 Å². The van der Waals surface area contributed by atoms with Crippen molar-refractivity contribution >= 4 is 21.6 Å². The van der Waals surface area contributed by atoms with Gasteiger partial charge in [-0.15, -0.1) is 0 Å². The van der Waals surface area contributed by atoms with Gasteiger partial charge in [0.25, 0.3) is 5.91 Å². The van der Waals surface area contributed by atoms with Crippen molar-refractivity contribution in [3.05, 3.63) is 59.2 Å². The molecule has 2 aromatic rings. The summed E-state index contributed by atoms with van der Waals surface area (Å²) in [6.45, 7) is 1.24. The quantitative estimate of drug-likeness (QED) is 0.906. The molecule has 0 saturated carbocycles. The topological polar surface area (TPSA) is 89.3 Å². The van der Waals surface area contributed by atoms with Gasteiger partial charge in [-0.25, -0.2) is 22.3 Å². The lowest BCUT2D eigenvalue weighted by Gasteiger charge is -2.09. The van der Waals surface area contributed by atoms with Crippen molar-refractivity contribution < 1.29 is 22.0 Å². The highest BCUT2D eigenvalue weighted by Crippen LogP contribution is 2.21. The summed E-state index contributed by atoms with van der Waals surface area (Å²) in [4.78, 5) is 11.8. The van der Waals surface area contributed by atoms with Crippen molar-refractivity contribution in [3.8, 4) is 0 Å². The van der Waals surface area contributed by atoms with Crippen LogP contribution in [0.5, 0.6) is 0 Å². The number of nitrogens with one attached hydrogen (secondary N) is 1. The Morgan fingerprint density at radius 1 is 1.18 bits per heavy atom. The molecule has 0 atom stereocenters. The van der Waals surface area contributed by atoms with E-state index in [9.17, 15) is 22.0 Å². The fraction of sp³-hybridized carbons (Fsp3) is 0.0714. The molecule has 2 rings (SSSR count). The molecule has 0 aliphatic carbocycles. The SMILES string of the molecule is Cc1c(F)ccc(NC(=O)c2cccc(S(N)(=O)=O)c2)c1F. The number of hydrogen-bond donors (Lipinski definition) is 2. The fourth-order valence-corrected chi connectivity index (χ4v) is 2.33. The molecule has 0 fully saturated rings. The number of benzene rings is 2. The van der Waals surface area contributed by atoms with Gasteiger partial charge in [0, 0.05) is 11.1 Å². The predicted octanol–water partition coefficient (Wildman–Crippen LogP) is 2.17. The highest BCUT2D eigenvalue weighted by Gasteiger charge is 2.15. The Kier molecular flexibility index (Phi) is 4.25. The molecule has 8 heteroatoms. The Labute approximate surface area is 125 Å². The van der Waals surface area contributed by atoms with E-state index in [2.05, 4.69) is 5.32 Å². The Balaban J connectivity index is 2.33. The standard InChI is InChI=1S/C14H12F2N2O3S/c1-8-11(15)5-6-12(13(8)16)18-14(19)9-3-2-4-10(7-9)22(17,20)21/h2-7H,1H3,(H,18,19)(H2,17,20,21). The third-order valence-electron chi connectivity index (χ3n) is 2.99. The molecule has 0 aliphatic heterocycles. The van der Waals surface area contributed by atoms with E-state index in [1.54, 1.807) is 0 Å². The number of primary sulfonamides is 1. The van der Waals surface area contributed by atoms with E-state index in [4.69, 9.17) is 5.14 Å². The van der Waals surface area contributed by atoms with Crippen LogP contribution in [0, 0.1) is 18.6 Å². The van der Waals surface area contributed by atoms with Crippen molar-refractivity contribution in [1.82, 2.24) is 0 Å². The normalized spacial score (nSPS) is 11.3. The zero-order chi connectivity index (χ0) is 16.5. The van der Waals surface area contributed by atoms with Crippen LogP contribution in [0.1, 0.15) is 15.9 Å². The molecular formula is C14H12F2N2O3S. The number of carbonyl (C=O) groups excluding carboxylic acids is 1. The fourth-order valence-electron chi connectivity index (χ4n) is 1.77. The number of nitrogens with two attached hydrogens (primary N) is 1. The third kappa shape index (κ3) is 3.29. The molecule has 0 radical (unpaired) electrons. The van der Waals surface area contributed by atoms with Crippen LogP contribution in [0.25, 0.3) is 0 Å². The van der Waals surface area contributed by atoms with Crippen LogP contribution in [0.4, 0.5) is 14.5 Å². The minimum absolute atomic E-state index is 0.0205. The van der Waals surface area contributed by atoms with Gasteiger partial charge >= 0.3 is 0 Å². The lowest BCUT2D eigenvalue weighted by atomic mass is 10.1. The van der Waals surface area contributed by atoms with Gasteiger partial charge in [-0.1, -0.05) is 6.07 Å². The lowest BCUT2D eigenvalue weighted by Crippen LogP contribution is -2.16. The first-order valence-corrected chi connectivity index (χ1v) is 7.63. The molecule has 0 spiro atoms. The Hall–Kier alpha value is -2.32. The molecule has 0 unspecified atom stereocenters. The monoisotopic (exact) mass is 326 g/mol. The van der Waals surface area contributed by atoms with E-state index in [0.717, 1.165) is 18.2 Å². The van der Waals surface area contributed by atoms with Crippen LogP contribution >= 0.6 is 0 Å². The van der Waals surface area contributed by atoms with E-state index in [1.165, 1.54) is 25.1 Å². The Morgan fingerprint density at radius 2 is 1.86 bits per heavy atom. The summed E-state index contributed by atoms with van der Waals surface area (Å²) < 4.78 is 49.5. The van der Waals surface area contributed by atoms with Crippen molar-refractivity contribution in [2.75, 3.05) is 5.32 Å². The summed E-state index contributed by atoms with van der Waals surface area (Å²) in [5, 5.41) is 7.23. The van der Waals surface area contributed by atoms with E-state index in [1.807, 2.05) is 0 Å². The highest BCUT2D eigenvalue weighted by atomic mass is 32.2. The number of carbonyl (C=O) groups is 1. The maximum absolute atomic E-state index is 13.8. The lowest BCUT2D eigenvalue weighted by molar-refractivity contribution is 0.102. The number of amides is 1. The second-order valence-electron chi connectivity index (χ2n) is 4.56. The van der Waals surface area contributed by atoms with Crippen LogP contribution in [0.3, 0.4) is 0 Å². The largest absolute Gasteiger partial charge is 0.319 e. The van der Waals surface area contributed by atoms with Gasteiger partial charge in [-0.3, -0.25) is 4.79 Å². The summed E-state index contributed by atoms with van der Waals surface area (Å²) in [5.41, 5.74) is -0.450. The maximum atomic E-state index is 13.8. The average molecular weight is 326 g/mol. The summed E-state index contributed by atoms with van der Waals surface area (Å²) in [6.07, 6.45) is 0. The number of halogens is 2. The van der Waals surface area contributed by atoms with E-state index in [0.29, 0.717) is 0 Å². The van der Waals surface area contributed by atoms with Crippen molar-refractivity contribution in [3.63, 3.8) is 0 Å². The van der Waals surface area contributed by atoms with Gasteiger partial charge in [-0.05, 0) is 37.3 Å². The van der Waals surface area contributed by atoms with Gasteiger partial charge in [-0.2, -0.15) is 0 Å². The van der Waals surface area contributed by atoms with E-state index in [-0.39, 0.29) is 21.7 Å². The molecule has 0 aromatic heterocycles. The molecule has 116 valence electrons. The zero-order valence-corrected chi connectivity index (χ0v) is 12.2. The molecule has 0 saturated heterocycles. The summed E-state index contributed by atoms with van der Waals surface area (Å²) in [7, 11) is -3.96. The number of hydrogen-bond acceptors (Lipinski definition) is 3.